The average Bonchev–Trinajstić information content (AvgIpc) is 2.75. The zero-order valence-electron chi connectivity index (χ0n) is 16.1. The summed E-state index contributed by atoms with van der Waals surface area (Å²) in [4.78, 5) is 14.5. The van der Waals surface area contributed by atoms with Crippen molar-refractivity contribution in [1.82, 2.24) is 0 Å². The molecule has 0 fully saturated rings. The molecule has 0 bridgehead atoms. The molecule has 1 aliphatic rings. The molecule has 3 aromatic rings. The van der Waals surface area contributed by atoms with Crippen LogP contribution >= 0.6 is 0 Å². The number of benzene rings is 3. The van der Waals surface area contributed by atoms with Crippen LogP contribution in [0, 0.1) is 0 Å². The van der Waals surface area contributed by atoms with E-state index in [0.29, 0.717) is 33.6 Å². The van der Waals surface area contributed by atoms with Crippen molar-refractivity contribution < 1.29 is 28.8 Å². The molecule has 0 saturated carbocycles. The second-order valence-electron chi connectivity index (χ2n) is 6.13. The van der Waals surface area contributed by atoms with E-state index in [9.17, 15) is 9.90 Å². The number of aromatic carboxylic acids is 1. The van der Waals surface area contributed by atoms with Gasteiger partial charge < -0.3 is 24.1 Å². The minimum absolute atomic E-state index is 0.0920. The maximum absolute atomic E-state index is 12.2. The number of hydrogen-bond acceptors (Lipinski definition) is 5. The van der Waals surface area contributed by atoms with Crippen molar-refractivity contribution in [1.29, 1.82) is 0 Å². The van der Waals surface area contributed by atoms with E-state index >= 15 is 0 Å². The Hall–Kier alpha value is -3.32. The Labute approximate surface area is 171 Å². The van der Waals surface area contributed by atoms with Crippen LogP contribution in [-0.2, 0) is 10.9 Å². The Morgan fingerprint density at radius 1 is 0.862 bits per heavy atom. The number of carboxylic acid groups (broad SMARTS) is 1. The highest BCUT2D eigenvalue weighted by atomic mass is 32.2. The van der Waals surface area contributed by atoms with Crippen molar-refractivity contribution in [2.75, 3.05) is 21.3 Å². The molecule has 0 radical (unpaired) electrons. The van der Waals surface area contributed by atoms with Crippen molar-refractivity contribution in [3.8, 4) is 28.7 Å². The highest BCUT2D eigenvalue weighted by Crippen LogP contribution is 2.53. The third kappa shape index (κ3) is 3.03. The van der Waals surface area contributed by atoms with Crippen molar-refractivity contribution in [3.63, 3.8) is 0 Å². The minimum atomic E-state index is -1.08. The van der Waals surface area contributed by atoms with Crippen LogP contribution in [0.5, 0.6) is 28.7 Å². The molecule has 0 saturated heterocycles. The summed E-state index contributed by atoms with van der Waals surface area (Å²) in [5.74, 6) is 1.27. The smallest absolute Gasteiger partial charge is 0.341 e. The number of carbonyl (C=O) groups is 1. The molecule has 1 heterocycles. The molecule has 1 aliphatic heterocycles. The van der Waals surface area contributed by atoms with E-state index in [1.165, 1.54) is 27.4 Å². The number of rotatable bonds is 5. The fraction of sp³-hybridized carbons (Fsp3) is 0.136. The highest BCUT2D eigenvalue weighted by molar-refractivity contribution is 7.97. The first-order chi connectivity index (χ1) is 14.1. The Kier molecular flexibility index (Phi) is 4.98. The molecule has 0 aromatic heterocycles. The third-order valence-corrected chi connectivity index (χ3v) is 6.94. The molecular formula is C22H19O6S+. The molecule has 1 N–H and O–H groups in total. The molecule has 3 aromatic carbocycles. The van der Waals surface area contributed by atoms with E-state index in [1.807, 2.05) is 48.5 Å². The second kappa shape index (κ2) is 7.60. The highest BCUT2D eigenvalue weighted by Gasteiger charge is 2.45. The monoisotopic (exact) mass is 411 g/mol. The summed E-state index contributed by atoms with van der Waals surface area (Å²) in [6.45, 7) is 0. The Morgan fingerprint density at radius 2 is 1.41 bits per heavy atom. The summed E-state index contributed by atoms with van der Waals surface area (Å²) in [7, 11) is 3.67. The normalized spacial score (nSPS) is 12.4. The quantitative estimate of drug-likeness (QED) is 0.484. The number of methoxy groups -OCH3 is 3. The molecule has 148 valence electrons. The molecule has 0 unspecified atom stereocenters. The maximum Gasteiger partial charge on any atom is 0.341 e. The summed E-state index contributed by atoms with van der Waals surface area (Å²) in [5, 5.41) is 10.0. The van der Waals surface area contributed by atoms with E-state index in [4.69, 9.17) is 18.9 Å². The van der Waals surface area contributed by atoms with Gasteiger partial charge >= 0.3 is 5.97 Å². The number of hydrogen-bond donors (Lipinski definition) is 1. The summed E-state index contributed by atoms with van der Waals surface area (Å²) in [6.07, 6.45) is 0. The van der Waals surface area contributed by atoms with Crippen molar-refractivity contribution in [2.45, 2.75) is 14.7 Å². The molecular weight excluding hydrogens is 392 g/mol. The second-order valence-corrected chi connectivity index (χ2v) is 8.03. The van der Waals surface area contributed by atoms with E-state index < -0.39 is 16.9 Å². The lowest BCUT2D eigenvalue weighted by Crippen LogP contribution is -2.17. The first kappa shape index (κ1) is 19.0. The molecule has 4 rings (SSSR count). The Bertz CT molecular complexity index is 1050. The lowest BCUT2D eigenvalue weighted by Gasteiger charge is -2.22. The SMILES string of the molecule is COc1cc(C(=O)O)c([S+]2c3ccccc3Oc3ccccc32)c(OC)c1OC. The molecule has 7 heteroatoms. The molecule has 29 heavy (non-hydrogen) atoms. The van der Waals surface area contributed by atoms with Gasteiger partial charge in [-0.25, -0.2) is 4.79 Å². The first-order valence-corrected chi connectivity index (χ1v) is 9.99. The Morgan fingerprint density at radius 3 is 1.90 bits per heavy atom. The number of ether oxygens (including phenoxy) is 4. The summed E-state index contributed by atoms with van der Waals surface area (Å²) in [6, 6.07) is 16.7. The topological polar surface area (TPSA) is 74.2 Å². The predicted octanol–water partition coefficient (Wildman–Crippen LogP) is 4.61. The van der Waals surface area contributed by atoms with Crippen LogP contribution in [0.15, 0.2) is 69.3 Å². The van der Waals surface area contributed by atoms with Crippen LogP contribution in [-0.4, -0.2) is 32.4 Å². The maximum atomic E-state index is 12.2. The van der Waals surface area contributed by atoms with Gasteiger partial charge in [-0.1, -0.05) is 24.3 Å². The molecule has 6 nitrogen and oxygen atoms in total. The van der Waals surface area contributed by atoms with Crippen LogP contribution < -0.4 is 18.9 Å². The van der Waals surface area contributed by atoms with Gasteiger partial charge in [0.1, 0.15) is 16.5 Å². The molecule has 0 atom stereocenters. The van der Waals surface area contributed by atoms with Gasteiger partial charge in [0.15, 0.2) is 17.2 Å². The zero-order chi connectivity index (χ0) is 20.5. The Balaban J connectivity index is 2.11. The fourth-order valence-corrected chi connectivity index (χ4v) is 5.81. The standard InChI is InChI=1S/C22H18O6S/c1-25-16-12-13(22(23)24)21(20(27-3)19(16)26-2)29-17-10-6-4-8-14(17)28-15-9-5-7-11-18(15)29/h4-12H,1-3H3/p+1. The van der Waals surface area contributed by atoms with Gasteiger partial charge in [0.25, 0.3) is 0 Å². The van der Waals surface area contributed by atoms with E-state index in [2.05, 4.69) is 0 Å². The van der Waals surface area contributed by atoms with Crippen LogP contribution in [0.25, 0.3) is 0 Å². The van der Waals surface area contributed by atoms with E-state index in [-0.39, 0.29) is 5.56 Å². The third-order valence-electron chi connectivity index (χ3n) is 4.58. The predicted molar refractivity (Wildman–Crippen MR) is 108 cm³/mol. The van der Waals surface area contributed by atoms with Gasteiger partial charge in [-0.15, -0.1) is 0 Å². The average molecular weight is 411 g/mol. The van der Waals surface area contributed by atoms with E-state index in [0.717, 1.165) is 9.79 Å². The van der Waals surface area contributed by atoms with Crippen molar-refractivity contribution in [2.24, 2.45) is 0 Å². The molecule has 0 aliphatic carbocycles. The minimum Gasteiger partial charge on any atom is -0.493 e. The van der Waals surface area contributed by atoms with Gasteiger partial charge in [-0.05, 0) is 24.3 Å². The van der Waals surface area contributed by atoms with Gasteiger partial charge in [-0.3, -0.25) is 0 Å². The van der Waals surface area contributed by atoms with Crippen LogP contribution in [0.3, 0.4) is 0 Å². The van der Waals surface area contributed by atoms with Crippen molar-refractivity contribution >= 4 is 16.9 Å². The number of para-hydroxylation sites is 2. The summed E-state index contributed by atoms with van der Waals surface area (Å²) in [5.41, 5.74) is 0.0920. The zero-order valence-corrected chi connectivity index (χ0v) is 16.9. The lowest BCUT2D eigenvalue weighted by atomic mass is 10.1. The van der Waals surface area contributed by atoms with Gasteiger partial charge in [-0.2, -0.15) is 0 Å². The first-order valence-electron chi connectivity index (χ1n) is 8.77. The largest absolute Gasteiger partial charge is 0.493 e. The van der Waals surface area contributed by atoms with E-state index in [1.54, 1.807) is 0 Å². The van der Waals surface area contributed by atoms with Crippen LogP contribution in [0.1, 0.15) is 10.4 Å². The van der Waals surface area contributed by atoms with Crippen molar-refractivity contribution in [3.05, 3.63) is 60.2 Å². The molecule has 0 spiro atoms. The lowest BCUT2D eigenvalue weighted by molar-refractivity contribution is 0.0691. The van der Waals surface area contributed by atoms with Crippen LogP contribution in [0.4, 0.5) is 0 Å². The summed E-state index contributed by atoms with van der Waals surface area (Å²) >= 11 is 0. The summed E-state index contributed by atoms with van der Waals surface area (Å²) < 4.78 is 22.6. The number of carboxylic acids is 1. The van der Waals surface area contributed by atoms with Crippen LogP contribution in [0.2, 0.25) is 0 Å². The van der Waals surface area contributed by atoms with Gasteiger partial charge in [0.2, 0.25) is 26.2 Å². The molecule has 0 amide bonds. The fourth-order valence-electron chi connectivity index (χ4n) is 3.35. The van der Waals surface area contributed by atoms with Gasteiger partial charge in [0, 0.05) is 6.07 Å². The van der Waals surface area contributed by atoms with Gasteiger partial charge in [0.05, 0.1) is 21.3 Å². The number of fused-ring (bicyclic) bond motifs is 2.